The van der Waals surface area contributed by atoms with E-state index >= 15 is 0 Å². The third-order valence-corrected chi connectivity index (χ3v) is 1.73. The fraction of sp³-hybridized carbons (Fsp3) is 0.909. The lowest BCUT2D eigenvalue weighted by Gasteiger charge is -2.09. The van der Waals surface area contributed by atoms with Gasteiger partial charge in [0.25, 0.3) is 5.97 Å². The van der Waals surface area contributed by atoms with Crippen LogP contribution in [0.4, 0.5) is 0 Å². The maximum absolute atomic E-state index is 9.00. The van der Waals surface area contributed by atoms with E-state index in [2.05, 4.69) is 6.92 Å². The van der Waals surface area contributed by atoms with Gasteiger partial charge in [-0.25, -0.2) is 0 Å². The molecule has 0 saturated carbocycles. The van der Waals surface area contributed by atoms with Crippen molar-refractivity contribution in [3.63, 3.8) is 0 Å². The highest BCUT2D eigenvalue weighted by atomic mass is 16.5. The molecule has 0 aromatic heterocycles. The fourth-order valence-corrected chi connectivity index (χ4v) is 0.881. The molecule has 0 amide bonds. The summed E-state index contributed by atoms with van der Waals surface area (Å²) >= 11 is 0. The first-order chi connectivity index (χ1) is 7.04. The third-order valence-electron chi connectivity index (χ3n) is 1.73. The molecule has 0 aliphatic carbocycles. The van der Waals surface area contributed by atoms with Crippen molar-refractivity contribution in [1.82, 2.24) is 0 Å². The second kappa shape index (κ2) is 13.4. The Labute approximate surface area is 92.8 Å². The zero-order valence-electron chi connectivity index (χ0n) is 10.2. The van der Waals surface area contributed by atoms with Gasteiger partial charge in [0, 0.05) is 13.5 Å². The van der Waals surface area contributed by atoms with Crippen LogP contribution in [0.25, 0.3) is 0 Å². The molecule has 0 fully saturated rings. The lowest BCUT2D eigenvalue weighted by molar-refractivity contribution is -0.134. The van der Waals surface area contributed by atoms with Crippen LogP contribution in [0.3, 0.4) is 0 Å². The lowest BCUT2D eigenvalue weighted by atomic mass is 10.2. The molecule has 92 valence electrons. The lowest BCUT2D eigenvalue weighted by Crippen LogP contribution is -2.22. The van der Waals surface area contributed by atoms with Gasteiger partial charge in [0.05, 0.1) is 0 Å². The molecule has 3 N–H and O–H groups in total. The van der Waals surface area contributed by atoms with E-state index in [4.69, 9.17) is 20.4 Å². The Morgan fingerprint density at radius 2 is 1.87 bits per heavy atom. The topological polar surface area (TPSA) is 72.5 Å². The average molecular weight is 219 g/mol. The van der Waals surface area contributed by atoms with E-state index in [1.165, 1.54) is 19.3 Å². The summed E-state index contributed by atoms with van der Waals surface area (Å²) in [4.78, 5) is 9.00. The van der Waals surface area contributed by atoms with Gasteiger partial charge >= 0.3 is 0 Å². The van der Waals surface area contributed by atoms with Crippen molar-refractivity contribution >= 4 is 5.97 Å². The van der Waals surface area contributed by atoms with Gasteiger partial charge in [-0.2, -0.15) is 0 Å². The summed E-state index contributed by atoms with van der Waals surface area (Å²) in [6.07, 6.45) is 5.88. The first-order valence-corrected chi connectivity index (χ1v) is 5.61. The second-order valence-corrected chi connectivity index (χ2v) is 3.40. The van der Waals surface area contributed by atoms with E-state index in [-0.39, 0.29) is 6.23 Å². The molecule has 15 heavy (non-hydrogen) atoms. The van der Waals surface area contributed by atoms with Crippen LogP contribution in [0.5, 0.6) is 0 Å². The zero-order chi connectivity index (χ0) is 12.1. The van der Waals surface area contributed by atoms with Crippen molar-refractivity contribution in [2.45, 2.75) is 59.1 Å². The minimum Gasteiger partial charge on any atom is -0.481 e. The predicted octanol–water partition coefficient (Wildman–Crippen LogP) is 2.37. The number of hydrogen-bond donors (Lipinski definition) is 2. The SMILES string of the molecule is CC(=O)O.CCCCCCOC(N)CC. The molecule has 0 heterocycles. The molecule has 0 aromatic rings. The predicted molar refractivity (Wildman–Crippen MR) is 61.7 cm³/mol. The van der Waals surface area contributed by atoms with Crippen molar-refractivity contribution in [2.75, 3.05) is 6.61 Å². The molecule has 0 radical (unpaired) electrons. The highest BCUT2D eigenvalue weighted by Gasteiger charge is 1.96. The monoisotopic (exact) mass is 219 g/mol. The van der Waals surface area contributed by atoms with Crippen LogP contribution in [0, 0.1) is 0 Å². The Balaban J connectivity index is 0. The van der Waals surface area contributed by atoms with Crippen molar-refractivity contribution in [3.8, 4) is 0 Å². The molecule has 4 nitrogen and oxygen atoms in total. The minimum absolute atomic E-state index is 0.0448. The number of unbranched alkanes of at least 4 members (excludes halogenated alkanes) is 3. The van der Waals surface area contributed by atoms with E-state index in [0.717, 1.165) is 26.4 Å². The molecular formula is C11H25NO3. The van der Waals surface area contributed by atoms with Crippen LogP contribution in [0.15, 0.2) is 0 Å². The Bertz CT molecular complexity index is 136. The third kappa shape index (κ3) is 24.7. The summed E-state index contributed by atoms with van der Waals surface area (Å²) in [6, 6.07) is 0. The van der Waals surface area contributed by atoms with Crippen molar-refractivity contribution in [3.05, 3.63) is 0 Å². The Morgan fingerprint density at radius 1 is 1.33 bits per heavy atom. The normalized spacial score (nSPS) is 11.5. The van der Waals surface area contributed by atoms with Gasteiger partial charge in [0.15, 0.2) is 0 Å². The van der Waals surface area contributed by atoms with Crippen molar-refractivity contribution in [1.29, 1.82) is 0 Å². The molecule has 0 rings (SSSR count). The van der Waals surface area contributed by atoms with Crippen molar-refractivity contribution < 1.29 is 14.6 Å². The maximum Gasteiger partial charge on any atom is 0.300 e. The maximum atomic E-state index is 9.00. The van der Waals surface area contributed by atoms with Crippen LogP contribution in [-0.2, 0) is 9.53 Å². The van der Waals surface area contributed by atoms with E-state index in [1.807, 2.05) is 6.92 Å². The minimum atomic E-state index is -0.833. The van der Waals surface area contributed by atoms with Crippen LogP contribution in [0.2, 0.25) is 0 Å². The number of rotatable bonds is 7. The zero-order valence-corrected chi connectivity index (χ0v) is 10.2. The van der Waals surface area contributed by atoms with E-state index < -0.39 is 5.97 Å². The number of carbonyl (C=O) groups is 1. The molecule has 0 aliphatic rings. The smallest absolute Gasteiger partial charge is 0.300 e. The highest BCUT2D eigenvalue weighted by molar-refractivity contribution is 5.62. The van der Waals surface area contributed by atoms with Gasteiger partial charge in [0.2, 0.25) is 0 Å². The molecule has 0 aromatic carbocycles. The van der Waals surface area contributed by atoms with E-state index in [0.29, 0.717) is 0 Å². The molecule has 4 heteroatoms. The summed E-state index contributed by atoms with van der Waals surface area (Å²) in [5, 5.41) is 7.42. The van der Waals surface area contributed by atoms with Crippen LogP contribution in [0.1, 0.15) is 52.9 Å². The van der Waals surface area contributed by atoms with Gasteiger partial charge < -0.3 is 15.6 Å². The summed E-state index contributed by atoms with van der Waals surface area (Å²) in [7, 11) is 0. The van der Waals surface area contributed by atoms with Gasteiger partial charge in [0.1, 0.15) is 6.23 Å². The summed E-state index contributed by atoms with van der Waals surface area (Å²) < 4.78 is 5.32. The van der Waals surface area contributed by atoms with Crippen LogP contribution in [-0.4, -0.2) is 23.9 Å². The average Bonchev–Trinajstić information content (AvgIpc) is 2.16. The van der Waals surface area contributed by atoms with E-state index in [9.17, 15) is 0 Å². The van der Waals surface area contributed by atoms with Gasteiger partial charge in [-0.1, -0.05) is 33.1 Å². The first-order valence-electron chi connectivity index (χ1n) is 5.61. The van der Waals surface area contributed by atoms with Gasteiger partial charge in [-0.05, 0) is 12.8 Å². The van der Waals surface area contributed by atoms with Crippen LogP contribution < -0.4 is 5.73 Å². The standard InChI is InChI=1S/C9H21NO.C2H4O2/c1-3-5-6-7-8-11-9(10)4-2;1-2(3)4/h9H,3-8,10H2,1-2H3;1H3,(H,3,4). The number of carboxylic acid groups (broad SMARTS) is 1. The highest BCUT2D eigenvalue weighted by Crippen LogP contribution is 2.00. The Hall–Kier alpha value is -0.610. The number of carboxylic acids is 1. The first kappa shape index (κ1) is 16.8. The van der Waals surface area contributed by atoms with Crippen molar-refractivity contribution in [2.24, 2.45) is 5.73 Å². The molecular weight excluding hydrogens is 194 g/mol. The number of nitrogens with two attached hydrogens (primary N) is 1. The quantitative estimate of drug-likeness (QED) is 0.509. The molecule has 0 saturated heterocycles. The largest absolute Gasteiger partial charge is 0.481 e. The van der Waals surface area contributed by atoms with Gasteiger partial charge in [-0.3, -0.25) is 4.79 Å². The second-order valence-electron chi connectivity index (χ2n) is 3.40. The number of ether oxygens (including phenoxy) is 1. The summed E-state index contributed by atoms with van der Waals surface area (Å²) in [5.74, 6) is -0.833. The number of aliphatic carboxylic acids is 1. The Morgan fingerprint density at radius 3 is 2.27 bits per heavy atom. The molecule has 1 atom stereocenters. The fourth-order valence-electron chi connectivity index (χ4n) is 0.881. The summed E-state index contributed by atoms with van der Waals surface area (Å²) in [6.45, 7) is 6.16. The molecule has 0 spiro atoms. The summed E-state index contributed by atoms with van der Waals surface area (Å²) in [5.41, 5.74) is 5.57. The van der Waals surface area contributed by atoms with Gasteiger partial charge in [-0.15, -0.1) is 0 Å². The number of hydrogen-bond acceptors (Lipinski definition) is 3. The van der Waals surface area contributed by atoms with Crippen LogP contribution >= 0.6 is 0 Å². The molecule has 0 aliphatic heterocycles. The van der Waals surface area contributed by atoms with E-state index in [1.54, 1.807) is 0 Å². The molecule has 1 unspecified atom stereocenters. The Kier molecular flexibility index (Phi) is 15.0. The molecule has 0 bridgehead atoms.